The Morgan fingerprint density at radius 3 is 2.75 bits per heavy atom. The monoisotopic (exact) mass is 333 g/mol. The average Bonchev–Trinajstić information content (AvgIpc) is 2.88. The molecule has 2 N–H and O–H groups in total. The number of carbonyl (C=O) groups is 2. The molecule has 0 aliphatic carbocycles. The minimum atomic E-state index is -0.928. The van der Waals surface area contributed by atoms with Gasteiger partial charge in [-0.05, 0) is 25.5 Å². The number of rotatable bonds is 8. The lowest BCUT2D eigenvalue weighted by molar-refractivity contribution is -0.137. The van der Waals surface area contributed by atoms with E-state index >= 15 is 0 Å². The van der Waals surface area contributed by atoms with Gasteiger partial charge in [-0.1, -0.05) is 19.8 Å². The van der Waals surface area contributed by atoms with Gasteiger partial charge in [0, 0.05) is 23.1 Å². The Balaban J connectivity index is 2.22. The number of amides is 1. The number of hydrogen-bond acceptors (Lipinski definition) is 4. The number of carboxylic acid groups (broad SMARTS) is 1. The van der Waals surface area contributed by atoms with Gasteiger partial charge in [-0.2, -0.15) is 0 Å². The zero-order chi connectivity index (χ0) is 17.7. The summed E-state index contributed by atoms with van der Waals surface area (Å²) in [5.41, 5.74) is 1.30. The molecule has 0 unspecified atom stereocenters. The number of ether oxygens (including phenoxy) is 1. The van der Waals surface area contributed by atoms with E-state index in [0.717, 1.165) is 23.8 Å². The predicted molar refractivity (Wildman–Crippen MR) is 90.5 cm³/mol. The van der Waals surface area contributed by atoms with Gasteiger partial charge in [0.25, 0.3) is 5.91 Å². The van der Waals surface area contributed by atoms with Gasteiger partial charge < -0.3 is 19.6 Å². The molecular weight excluding hydrogens is 310 g/mol. The number of aryl methyl sites for hydroxylation is 1. The number of hydrogen-bond donors (Lipinski definition) is 2. The van der Waals surface area contributed by atoms with Crippen LogP contribution >= 0.6 is 0 Å². The maximum atomic E-state index is 12.5. The second-order valence-corrected chi connectivity index (χ2v) is 5.83. The molecular formula is C18H23NO5. The molecule has 0 aliphatic heterocycles. The van der Waals surface area contributed by atoms with Crippen LogP contribution in [0.1, 0.15) is 48.7 Å². The SMILES string of the molecule is CCCC[C@@H](CC(=O)O)NC(=O)c1oc2cc(OC)ccc2c1C. The largest absolute Gasteiger partial charge is 0.497 e. The van der Waals surface area contributed by atoms with Gasteiger partial charge in [0.05, 0.1) is 13.5 Å². The van der Waals surface area contributed by atoms with Crippen molar-refractivity contribution < 1.29 is 23.8 Å². The number of nitrogens with one attached hydrogen (secondary N) is 1. The molecule has 1 aromatic carbocycles. The summed E-state index contributed by atoms with van der Waals surface area (Å²) in [5, 5.41) is 12.6. The second-order valence-electron chi connectivity index (χ2n) is 5.83. The quantitative estimate of drug-likeness (QED) is 0.771. The van der Waals surface area contributed by atoms with Gasteiger partial charge >= 0.3 is 5.97 Å². The predicted octanol–water partition coefficient (Wildman–Crippen LogP) is 3.51. The standard InChI is InChI=1S/C18H23NO5/c1-4-5-6-12(9-16(20)21)19-18(22)17-11(2)14-8-7-13(23-3)10-15(14)24-17/h7-8,10,12H,4-6,9H2,1-3H3,(H,19,22)(H,20,21)/t12-/m0/s1. The summed E-state index contributed by atoms with van der Waals surface area (Å²) in [5.74, 6) is -0.451. The maximum Gasteiger partial charge on any atom is 0.305 e. The summed E-state index contributed by atoms with van der Waals surface area (Å²) < 4.78 is 10.8. The minimum absolute atomic E-state index is 0.0984. The van der Waals surface area contributed by atoms with Crippen LogP contribution in [0.15, 0.2) is 22.6 Å². The number of furan rings is 1. The summed E-state index contributed by atoms with van der Waals surface area (Å²) in [4.78, 5) is 23.5. The Hall–Kier alpha value is -2.50. The lowest BCUT2D eigenvalue weighted by atomic mass is 10.1. The van der Waals surface area contributed by atoms with Crippen molar-refractivity contribution in [2.24, 2.45) is 0 Å². The highest BCUT2D eigenvalue weighted by atomic mass is 16.5. The molecule has 0 spiro atoms. The third-order valence-corrected chi connectivity index (χ3v) is 4.01. The van der Waals surface area contributed by atoms with Crippen LogP contribution in [0.5, 0.6) is 5.75 Å². The van der Waals surface area contributed by atoms with E-state index in [1.165, 1.54) is 0 Å². The molecule has 1 aromatic heterocycles. The van der Waals surface area contributed by atoms with Crippen molar-refractivity contribution in [3.05, 3.63) is 29.5 Å². The van der Waals surface area contributed by atoms with E-state index in [9.17, 15) is 9.59 Å². The first kappa shape index (κ1) is 17.8. The molecule has 1 amide bonds. The molecule has 24 heavy (non-hydrogen) atoms. The van der Waals surface area contributed by atoms with E-state index in [-0.39, 0.29) is 18.1 Å². The molecule has 6 nitrogen and oxygen atoms in total. The number of benzene rings is 1. The summed E-state index contributed by atoms with van der Waals surface area (Å²) in [6.07, 6.45) is 2.32. The number of carboxylic acids is 1. The third kappa shape index (κ3) is 4.07. The second kappa shape index (κ2) is 7.86. The highest BCUT2D eigenvalue weighted by Crippen LogP contribution is 2.28. The van der Waals surface area contributed by atoms with Gasteiger partial charge in [-0.3, -0.25) is 9.59 Å². The molecule has 130 valence electrons. The number of carbonyl (C=O) groups excluding carboxylic acids is 1. The Morgan fingerprint density at radius 1 is 1.38 bits per heavy atom. The number of unbranched alkanes of at least 4 members (excludes halogenated alkanes) is 1. The van der Waals surface area contributed by atoms with Crippen molar-refractivity contribution in [2.75, 3.05) is 7.11 Å². The van der Waals surface area contributed by atoms with Gasteiger partial charge in [0.1, 0.15) is 11.3 Å². The van der Waals surface area contributed by atoms with Crippen LogP contribution in [0.25, 0.3) is 11.0 Å². The van der Waals surface area contributed by atoms with Crippen LogP contribution in [-0.2, 0) is 4.79 Å². The van der Waals surface area contributed by atoms with E-state index < -0.39 is 12.0 Å². The number of fused-ring (bicyclic) bond motifs is 1. The van der Waals surface area contributed by atoms with Gasteiger partial charge in [-0.15, -0.1) is 0 Å². The van der Waals surface area contributed by atoms with Crippen molar-refractivity contribution in [3.8, 4) is 5.75 Å². The van der Waals surface area contributed by atoms with Crippen LogP contribution in [0, 0.1) is 6.92 Å². The molecule has 6 heteroatoms. The molecule has 0 saturated carbocycles. The van der Waals surface area contributed by atoms with Crippen molar-refractivity contribution in [1.82, 2.24) is 5.32 Å². The zero-order valence-corrected chi connectivity index (χ0v) is 14.2. The molecule has 2 rings (SSSR count). The fourth-order valence-electron chi connectivity index (χ4n) is 2.69. The summed E-state index contributed by atoms with van der Waals surface area (Å²) in [6.45, 7) is 3.84. The van der Waals surface area contributed by atoms with E-state index in [4.69, 9.17) is 14.3 Å². The zero-order valence-electron chi connectivity index (χ0n) is 14.2. The average molecular weight is 333 g/mol. The molecule has 1 atom stereocenters. The highest BCUT2D eigenvalue weighted by Gasteiger charge is 2.22. The summed E-state index contributed by atoms with van der Waals surface area (Å²) in [6, 6.07) is 4.97. The Bertz CT molecular complexity index is 734. The Labute approximate surface area is 140 Å². The van der Waals surface area contributed by atoms with Gasteiger partial charge in [0.2, 0.25) is 0 Å². The van der Waals surface area contributed by atoms with Crippen molar-refractivity contribution in [3.63, 3.8) is 0 Å². The third-order valence-electron chi connectivity index (χ3n) is 4.01. The van der Waals surface area contributed by atoms with Gasteiger partial charge in [0.15, 0.2) is 5.76 Å². The van der Waals surface area contributed by atoms with Crippen LogP contribution in [0.3, 0.4) is 0 Å². The fourth-order valence-corrected chi connectivity index (χ4v) is 2.69. The summed E-state index contributed by atoms with van der Waals surface area (Å²) >= 11 is 0. The topological polar surface area (TPSA) is 88.8 Å². The lowest BCUT2D eigenvalue weighted by Gasteiger charge is -2.15. The number of aliphatic carboxylic acids is 1. The van der Waals surface area contributed by atoms with Crippen LogP contribution in [-0.4, -0.2) is 30.1 Å². The van der Waals surface area contributed by atoms with E-state index in [1.807, 2.05) is 19.9 Å². The molecule has 0 bridgehead atoms. The first-order valence-corrected chi connectivity index (χ1v) is 8.06. The Kier molecular flexibility index (Phi) is 5.84. The van der Waals surface area contributed by atoms with E-state index in [0.29, 0.717) is 17.8 Å². The fraction of sp³-hybridized carbons (Fsp3) is 0.444. The molecule has 1 heterocycles. The molecule has 0 saturated heterocycles. The summed E-state index contributed by atoms with van der Waals surface area (Å²) in [7, 11) is 1.56. The molecule has 0 fully saturated rings. The van der Waals surface area contributed by atoms with Crippen molar-refractivity contribution in [2.45, 2.75) is 45.6 Å². The Morgan fingerprint density at radius 2 is 2.12 bits per heavy atom. The van der Waals surface area contributed by atoms with Crippen molar-refractivity contribution in [1.29, 1.82) is 0 Å². The van der Waals surface area contributed by atoms with Gasteiger partial charge in [-0.25, -0.2) is 0 Å². The van der Waals surface area contributed by atoms with Crippen molar-refractivity contribution >= 4 is 22.8 Å². The smallest absolute Gasteiger partial charge is 0.305 e. The van der Waals surface area contributed by atoms with E-state index in [2.05, 4.69) is 5.32 Å². The normalized spacial score (nSPS) is 12.1. The minimum Gasteiger partial charge on any atom is -0.497 e. The first-order valence-electron chi connectivity index (χ1n) is 8.06. The highest BCUT2D eigenvalue weighted by molar-refractivity contribution is 5.99. The van der Waals surface area contributed by atoms with Crippen LogP contribution in [0.2, 0.25) is 0 Å². The van der Waals surface area contributed by atoms with Crippen LogP contribution in [0.4, 0.5) is 0 Å². The molecule has 2 aromatic rings. The maximum absolute atomic E-state index is 12.5. The molecule has 0 aliphatic rings. The lowest BCUT2D eigenvalue weighted by Crippen LogP contribution is -2.36. The first-order chi connectivity index (χ1) is 11.5. The van der Waals surface area contributed by atoms with Crippen LogP contribution < -0.4 is 10.1 Å². The number of methoxy groups -OCH3 is 1. The van der Waals surface area contributed by atoms with E-state index in [1.54, 1.807) is 19.2 Å². The molecule has 0 radical (unpaired) electrons.